The molecule has 0 saturated carbocycles. The van der Waals surface area contributed by atoms with Gasteiger partial charge in [0.05, 0.1) is 0 Å². The number of nitrogen functional groups attached to an aromatic ring is 1. The van der Waals surface area contributed by atoms with Gasteiger partial charge in [0.25, 0.3) is 5.91 Å². The van der Waals surface area contributed by atoms with Gasteiger partial charge < -0.3 is 25.9 Å². The summed E-state index contributed by atoms with van der Waals surface area (Å²) >= 11 is 2.16. The van der Waals surface area contributed by atoms with E-state index in [0.29, 0.717) is 0 Å². The van der Waals surface area contributed by atoms with Crippen molar-refractivity contribution < 1.29 is 24.3 Å². The summed E-state index contributed by atoms with van der Waals surface area (Å²) in [7, 11) is 1.26. The van der Waals surface area contributed by atoms with Crippen molar-refractivity contribution in [2.45, 2.75) is 11.4 Å². The molecule has 144 valence electrons. The van der Waals surface area contributed by atoms with Gasteiger partial charge >= 0.3 is 5.97 Å². The highest BCUT2D eigenvalue weighted by Gasteiger charge is 2.56. The van der Waals surface area contributed by atoms with Crippen molar-refractivity contribution in [2.24, 2.45) is 10.6 Å². The summed E-state index contributed by atoms with van der Waals surface area (Å²) in [5.41, 5.74) is 4.12. The number of aromatic nitrogens is 2. The summed E-state index contributed by atoms with van der Waals surface area (Å²) in [6, 6.07) is -0.808. The number of β-lactam (4-membered cyclic amide) rings is 1. The molecule has 1 aromatic heterocycles. The van der Waals surface area contributed by atoms with Gasteiger partial charge in [0, 0.05) is 23.8 Å². The van der Waals surface area contributed by atoms with Crippen LogP contribution in [0, 0.1) is 5.41 Å². The van der Waals surface area contributed by atoms with Crippen LogP contribution in [0.5, 0.6) is 0 Å². The Balaban J connectivity index is 1.72. The van der Waals surface area contributed by atoms with Gasteiger partial charge in [0.1, 0.15) is 23.9 Å². The van der Waals surface area contributed by atoms with E-state index in [1.54, 1.807) is 0 Å². The van der Waals surface area contributed by atoms with E-state index in [4.69, 9.17) is 5.73 Å². The van der Waals surface area contributed by atoms with Gasteiger partial charge in [-0.05, 0) is 0 Å². The highest BCUT2D eigenvalue weighted by molar-refractivity contribution is 8.00. The van der Waals surface area contributed by atoms with Crippen LogP contribution in [0.4, 0.5) is 5.13 Å². The Labute approximate surface area is 161 Å². The van der Waals surface area contributed by atoms with Gasteiger partial charge in [-0.25, -0.2) is 0 Å². The van der Waals surface area contributed by atoms with E-state index < -0.39 is 23.3 Å². The van der Waals surface area contributed by atoms with Crippen molar-refractivity contribution in [1.82, 2.24) is 19.6 Å². The predicted octanol–water partition coefficient (Wildman–Crippen LogP) is -0.872. The molecule has 2 aliphatic heterocycles. The average Bonchev–Trinajstić information content (AvgIpc) is 3.08. The van der Waals surface area contributed by atoms with Crippen molar-refractivity contribution in [3.05, 3.63) is 18.5 Å². The van der Waals surface area contributed by atoms with Crippen LogP contribution < -0.4 is 11.1 Å². The third kappa shape index (κ3) is 3.23. The third-order valence-corrected chi connectivity index (χ3v) is 6.35. The van der Waals surface area contributed by atoms with Gasteiger partial charge in [-0.15, -0.1) is 18.3 Å². The van der Waals surface area contributed by atoms with Crippen LogP contribution >= 0.6 is 23.3 Å². The summed E-state index contributed by atoms with van der Waals surface area (Å²) in [5, 5.41) is 15.4. The molecule has 0 aliphatic carbocycles. The summed E-state index contributed by atoms with van der Waals surface area (Å²) in [6.07, 6.45) is 1.35. The summed E-state index contributed by atoms with van der Waals surface area (Å²) in [5.74, 6) is -1.86. The van der Waals surface area contributed by atoms with Crippen LogP contribution in [0.3, 0.4) is 0 Å². The van der Waals surface area contributed by atoms with Crippen LogP contribution in [-0.2, 0) is 19.2 Å². The zero-order valence-corrected chi connectivity index (χ0v) is 15.7. The molecule has 0 aromatic carbocycles. The number of amides is 2. The van der Waals surface area contributed by atoms with E-state index in [2.05, 4.69) is 31.2 Å². The van der Waals surface area contributed by atoms with Gasteiger partial charge in [0.2, 0.25) is 17.4 Å². The van der Waals surface area contributed by atoms with E-state index in [1.165, 1.54) is 29.8 Å². The number of anilines is 1. The highest BCUT2D eigenvalue weighted by Crippen LogP contribution is 2.42. The fourth-order valence-corrected chi connectivity index (χ4v) is 4.72. The molecule has 27 heavy (non-hydrogen) atoms. The lowest BCUT2D eigenvalue weighted by Crippen LogP contribution is -2.73. The summed E-state index contributed by atoms with van der Waals surface area (Å²) < 4.78 is 3.91. The molecule has 1 aromatic rings. The summed E-state index contributed by atoms with van der Waals surface area (Å²) in [6.45, 7) is 3.59. The first-order chi connectivity index (χ1) is 12.8. The van der Waals surface area contributed by atoms with Gasteiger partial charge in [-0.1, -0.05) is 11.2 Å². The van der Waals surface area contributed by atoms with Crippen molar-refractivity contribution in [2.75, 3.05) is 25.1 Å². The molecule has 3 heterocycles. The fourth-order valence-electron chi connectivity index (χ4n) is 2.75. The fraction of sp³-hybridized carbons (Fsp3) is 0.429. The van der Waals surface area contributed by atoms with E-state index >= 15 is 0 Å². The lowest BCUT2D eigenvalue weighted by Gasteiger charge is -2.53. The first-order valence-corrected chi connectivity index (χ1v) is 9.46. The van der Waals surface area contributed by atoms with Crippen molar-refractivity contribution in [1.29, 1.82) is 0 Å². The second-order valence-electron chi connectivity index (χ2n) is 5.86. The van der Waals surface area contributed by atoms with Crippen molar-refractivity contribution in [3.8, 4) is 0 Å². The third-order valence-electron chi connectivity index (χ3n) is 4.26. The number of oxime groups is 1. The topological polar surface area (TPSA) is 160 Å². The van der Waals surface area contributed by atoms with Crippen molar-refractivity contribution in [3.63, 3.8) is 0 Å². The monoisotopic (exact) mass is 412 g/mol. The zero-order chi connectivity index (χ0) is 19.8. The number of nitrogens with zero attached hydrogens (tertiary/aromatic N) is 4. The van der Waals surface area contributed by atoms with Crippen LogP contribution in [0.1, 0.15) is 5.82 Å². The first-order valence-electron chi connectivity index (χ1n) is 7.63. The standard InChI is InChI=1S/C14H16N6O5S2/c1-3-14(12(23)24)4-20-10(22)7(11(20)26-5-14)16-9(21)6(18-25-2)8-17-13(15)27-19-8/h3,7,11H,1,4-5H2,2H3,(H,16,21)(H,23,24)(H2,15,17,19)/t7?,11-,14?/m1/s1. The van der Waals surface area contributed by atoms with Crippen LogP contribution in [0.15, 0.2) is 17.8 Å². The largest absolute Gasteiger partial charge is 0.481 e. The number of nitrogens with two attached hydrogens (primary N) is 1. The quantitative estimate of drug-likeness (QED) is 0.233. The molecular weight excluding hydrogens is 396 g/mol. The Morgan fingerprint density at radius 2 is 2.33 bits per heavy atom. The zero-order valence-electron chi connectivity index (χ0n) is 14.1. The minimum atomic E-state index is -1.20. The SMILES string of the molecule is C=CC1(C(=O)O)CS[C@@H]2C(NC(=O)C(=NOC)c3nsc(N)n3)C(=O)N2C1. The number of carbonyl (C=O) groups excluding carboxylic acids is 2. The maximum atomic E-state index is 12.5. The van der Waals surface area contributed by atoms with E-state index in [1.807, 2.05) is 0 Å². The number of carboxylic acid groups (broad SMARTS) is 1. The average molecular weight is 412 g/mol. The van der Waals surface area contributed by atoms with Gasteiger partial charge in [0.15, 0.2) is 5.13 Å². The number of nitrogens with one attached hydrogen (secondary N) is 1. The van der Waals surface area contributed by atoms with Gasteiger partial charge in [-0.3, -0.25) is 14.4 Å². The molecule has 2 saturated heterocycles. The molecule has 2 unspecified atom stereocenters. The molecule has 4 N–H and O–H groups in total. The van der Waals surface area contributed by atoms with Crippen LogP contribution in [-0.4, -0.2) is 73.7 Å². The number of rotatable bonds is 6. The Hall–Kier alpha value is -2.67. The normalized spacial score (nSPS) is 27.4. The predicted molar refractivity (Wildman–Crippen MR) is 98.0 cm³/mol. The Bertz CT molecular complexity index is 842. The second kappa shape index (κ2) is 7.15. The minimum Gasteiger partial charge on any atom is -0.481 e. The Morgan fingerprint density at radius 3 is 2.89 bits per heavy atom. The van der Waals surface area contributed by atoms with Crippen LogP contribution in [0.2, 0.25) is 0 Å². The molecule has 0 radical (unpaired) electrons. The Morgan fingerprint density at radius 1 is 1.59 bits per heavy atom. The van der Waals surface area contributed by atoms with Crippen molar-refractivity contribution >= 4 is 51.9 Å². The maximum absolute atomic E-state index is 12.5. The van der Waals surface area contributed by atoms with E-state index in [-0.39, 0.29) is 40.2 Å². The number of thioether (sulfide) groups is 1. The summed E-state index contributed by atoms with van der Waals surface area (Å²) in [4.78, 5) is 46.4. The molecule has 11 nitrogen and oxygen atoms in total. The molecular formula is C14H16N6O5S2. The smallest absolute Gasteiger partial charge is 0.316 e. The number of fused-ring (bicyclic) bond motifs is 1. The molecule has 0 spiro atoms. The number of hydrogen-bond acceptors (Lipinski definition) is 10. The lowest BCUT2D eigenvalue weighted by molar-refractivity contribution is -0.156. The van der Waals surface area contributed by atoms with E-state index in [9.17, 15) is 19.5 Å². The number of aliphatic carboxylic acids is 1. The second-order valence-corrected chi connectivity index (χ2v) is 7.75. The molecule has 2 amide bonds. The molecule has 0 bridgehead atoms. The maximum Gasteiger partial charge on any atom is 0.316 e. The van der Waals surface area contributed by atoms with E-state index in [0.717, 1.165) is 11.5 Å². The number of carbonyl (C=O) groups is 3. The molecule has 13 heteroatoms. The first kappa shape index (κ1) is 19.1. The number of hydrogen-bond donors (Lipinski definition) is 3. The number of carboxylic acids is 1. The van der Waals surface area contributed by atoms with Gasteiger partial charge in [-0.2, -0.15) is 9.36 Å². The highest BCUT2D eigenvalue weighted by atomic mass is 32.2. The molecule has 3 rings (SSSR count). The Kier molecular flexibility index (Phi) is 5.06. The van der Waals surface area contributed by atoms with Crippen LogP contribution in [0.25, 0.3) is 0 Å². The lowest BCUT2D eigenvalue weighted by atomic mass is 9.87. The molecule has 2 fully saturated rings. The minimum absolute atomic E-state index is 0.00618. The molecule has 2 aliphatic rings. The molecule has 3 atom stereocenters.